The number of allylic oxidation sites excluding steroid dienone is 1. The minimum absolute atomic E-state index is 0.249. The van der Waals surface area contributed by atoms with Gasteiger partial charge in [-0.05, 0) is 18.4 Å². The molecule has 14 heavy (non-hydrogen) atoms. The van der Waals surface area contributed by atoms with Crippen molar-refractivity contribution in [2.75, 3.05) is 5.75 Å². The van der Waals surface area contributed by atoms with Crippen LogP contribution in [0.25, 0.3) is 6.08 Å². The van der Waals surface area contributed by atoms with E-state index in [4.69, 9.17) is 0 Å². The van der Waals surface area contributed by atoms with Crippen molar-refractivity contribution in [3.63, 3.8) is 0 Å². The van der Waals surface area contributed by atoms with Crippen molar-refractivity contribution < 1.29 is 8.76 Å². The number of rotatable bonds is 5. The topological polar surface area (TPSA) is 40.1 Å². The Morgan fingerprint density at radius 3 is 2.64 bits per heavy atom. The normalized spacial score (nSPS) is 13.2. The Morgan fingerprint density at radius 1 is 1.29 bits per heavy atom. The Kier molecular flexibility index (Phi) is 5.19. The van der Waals surface area contributed by atoms with Crippen molar-refractivity contribution in [2.24, 2.45) is 0 Å². The van der Waals surface area contributed by atoms with Gasteiger partial charge in [-0.1, -0.05) is 53.6 Å². The zero-order valence-electron chi connectivity index (χ0n) is 7.89. The Hall–Kier alpha value is -0.930. The van der Waals surface area contributed by atoms with Crippen LogP contribution in [0.5, 0.6) is 0 Å². The minimum atomic E-state index is -1.90. The zero-order valence-corrected chi connectivity index (χ0v) is 8.70. The van der Waals surface area contributed by atoms with Gasteiger partial charge < -0.3 is 4.55 Å². The second-order valence-electron chi connectivity index (χ2n) is 2.96. The van der Waals surface area contributed by atoms with Gasteiger partial charge in [0.05, 0.1) is 0 Å². The van der Waals surface area contributed by atoms with E-state index in [1.54, 1.807) is 0 Å². The first-order valence-corrected chi connectivity index (χ1v) is 5.81. The van der Waals surface area contributed by atoms with Crippen LogP contribution in [0.1, 0.15) is 18.4 Å². The lowest BCUT2D eigenvalue weighted by Gasteiger charge is -2.01. The average molecular weight is 209 g/mol. The highest BCUT2D eigenvalue weighted by Gasteiger charge is 1.85. The maximum atomic E-state index is 10.2. The Morgan fingerprint density at radius 2 is 2.00 bits per heavy atom. The molecule has 0 N–H and O–H groups in total. The minimum Gasteiger partial charge on any atom is -0.772 e. The predicted molar refractivity (Wildman–Crippen MR) is 58.5 cm³/mol. The third-order valence-corrected chi connectivity index (χ3v) is 2.41. The summed E-state index contributed by atoms with van der Waals surface area (Å²) in [6.45, 7) is 0. The highest BCUT2D eigenvalue weighted by atomic mass is 32.2. The van der Waals surface area contributed by atoms with Crippen LogP contribution in [0.4, 0.5) is 0 Å². The van der Waals surface area contributed by atoms with Gasteiger partial charge in [0.1, 0.15) is 0 Å². The van der Waals surface area contributed by atoms with Crippen LogP contribution in [-0.2, 0) is 11.1 Å². The molecule has 0 heterocycles. The highest BCUT2D eigenvalue weighted by molar-refractivity contribution is 7.79. The van der Waals surface area contributed by atoms with E-state index in [9.17, 15) is 8.76 Å². The fourth-order valence-electron chi connectivity index (χ4n) is 1.10. The summed E-state index contributed by atoms with van der Waals surface area (Å²) in [5, 5.41) is 0. The summed E-state index contributed by atoms with van der Waals surface area (Å²) in [7, 11) is 0. The Labute approximate surface area is 86.9 Å². The van der Waals surface area contributed by atoms with E-state index < -0.39 is 11.1 Å². The summed E-state index contributed by atoms with van der Waals surface area (Å²) in [5.74, 6) is 0.249. The maximum Gasteiger partial charge on any atom is 0.0104 e. The van der Waals surface area contributed by atoms with Gasteiger partial charge in [0.2, 0.25) is 0 Å². The van der Waals surface area contributed by atoms with Gasteiger partial charge in [-0.3, -0.25) is 4.21 Å². The van der Waals surface area contributed by atoms with Crippen LogP contribution in [0.2, 0.25) is 0 Å². The summed E-state index contributed by atoms with van der Waals surface area (Å²) < 4.78 is 20.4. The molecule has 76 valence electrons. The molecule has 0 aromatic heterocycles. The first-order chi connectivity index (χ1) is 6.79. The van der Waals surface area contributed by atoms with Crippen LogP contribution in [0.15, 0.2) is 36.4 Å². The van der Waals surface area contributed by atoms with Crippen molar-refractivity contribution >= 4 is 17.2 Å². The van der Waals surface area contributed by atoms with E-state index in [0.717, 1.165) is 12.0 Å². The Bertz CT molecular complexity index is 306. The average Bonchev–Trinajstić information content (AvgIpc) is 2.18. The molecule has 1 unspecified atom stereocenters. The van der Waals surface area contributed by atoms with Crippen LogP contribution in [-0.4, -0.2) is 14.5 Å². The van der Waals surface area contributed by atoms with E-state index in [1.807, 2.05) is 42.5 Å². The molecule has 0 spiro atoms. The van der Waals surface area contributed by atoms with Crippen molar-refractivity contribution in [1.82, 2.24) is 0 Å². The maximum absolute atomic E-state index is 10.2. The lowest BCUT2D eigenvalue weighted by molar-refractivity contribution is 0.535. The first kappa shape index (κ1) is 11.1. The molecule has 1 aromatic carbocycles. The van der Waals surface area contributed by atoms with E-state index in [0.29, 0.717) is 6.42 Å². The summed E-state index contributed by atoms with van der Waals surface area (Å²) in [6, 6.07) is 9.96. The van der Waals surface area contributed by atoms with Crippen molar-refractivity contribution in [2.45, 2.75) is 12.8 Å². The molecule has 0 radical (unpaired) electrons. The zero-order chi connectivity index (χ0) is 10.2. The molecular weight excluding hydrogens is 196 g/mol. The SMILES string of the molecule is O=S([O-])CCCC=Cc1ccccc1. The fourth-order valence-corrected chi connectivity index (χ4v) is 1.50. The molecule has 3 heteroatoms. The number of hydrogen-bond acceptors (Lipinski definition) is 2. The molecule has 0 aliphatic rings. The van der Waals surface area contributed by atoms with Crippen molar-refractivity contribution in [3.8, 4) is 0 Å². The molecule has 1 aromatic rings. The third-order valence-electron chi connectivity index (χ3n) is 1.79. The van der Waals surface area contributed by atoms with Crippen LogP contribution >= 0.6 is 0 Å². The quantitative estimate of drug-likeness (QED) is 0.551. The number of hydrogen-bond donors (Lipinski definition) is 0. The molecule has 0 amide bonds. The van der Waals surface area contributed by atoms with Gasteiger partial charge >= 0.3 is 0 Å². The summed E-state index contributed by atoms with van der Waals surface area (Å²) in [5.41, 5.74) is 1.15. The molecular formula is C11H13O2S-. The van der Waals surface area contributed by atoms with E-state index in [1.165, 1.54) is 0 Å². The van der Waals surface area contributed by atoms with Gasteiger partial charge in [-0.15, -0.1) is 0 Å². The highest BCUT2D eigenvalue weighted by Crippen LogP contribution is 2.02. The molecule has 0 saturated carbocycles. The molecule has 0 bridgehead atoms. The standard InChI is InChI=1S/C11H14O2S/c12-14(13)10-6-2-5-9-11-7-3-1-4-8-11/h1,3-5,7-9H,2,6,10H2,(H,12,13)/p-1. The summed E-state index contributed by atoms with van der Waals surface area (Å²) in [4.78, 5) is 0. The van der Waals surface area contributed by atoms with Crippen LogP contribution in [0, 0.1) is 0 Å². The lowest BCUT2D eigenvalue weighted by atomic mass is 10.2. The van der Waals surface area contributed by atoms with Gasteiger partial charge in [0, 0.05) is 5.75 Å². The largest absolute Gasteiger partial charge is 0.772 e. The number of benzene rings is 1. The second kappa shape index (κ2) is 6.51. The van der Waals surface area contributed by atoms with Gasteiger partial charge in [0.15, 0.2) is 0 Å². The van der Waals surface area contributed by atoms with Gasteiger partial charge in [-0.2, -0.15) is 0 Å². The lowest BCUT2D eigenvalue weighted by Crippen LogP contribution is -1.93. The second-order valence-corrected chi connectivity index (χ2v) is 3.98. The Balaban J connectivity index is 2.25. The van der Waals surface area contributed by atoms with E-state index in [2.05, 4.69) is 0 Å². The fraction of sp³-hybridized carbons (Fsp3) is 0.273. The van der Waals surface area contributed by atoms with Crippen molar-refractivity contribution in [1.29, 1.82) is 0 Å². The van der Waals surface area contributed by atoms with E-state index >= 15 is 0 Å². The smallest absolute Gasteiger partial charge is 0.0104 e. The van der Waals surface area contributed by atoms with Crippen LogP contribution < -0.4 is 0 Å². The molecule has 1 rings (SSSR count). The summed E-state index contributed by atoms with van der Waals surface area (Å²) in [6.07, 6.45) is 5.51. The number of unbranched alkanes of at least 4 members (excludes halogenated alkanes) is 1. The molecule has 0 fully saturated rings. The molecule has 0 aliphatic heterocycles. The monoisotopic (exact) mass is 209 g/mol. The van der Waals surface area contributed by atoms with Crippen molar-refractivity contribution in [3.05, 3.63) is 42.0 Å². The predicted octanol–water partition coefficient (Wildman–Crippen LogP) is 2.36. The summed E-state index contributed by atoms with van der Waals surface area (Å²) >= 11 is -1.90. The molecule has 2 nitrogen and oxygen atoms in total. The third kappa shape index (κ3) is 4.94. The first-order valence-electron chi connectivity index (χ1n) is 4.56. The van der Waals surface area contributed by atoms with E-state index in [-0.39, 0.29) is 5.75 Å². The van der Waals surface area contributed by atoms with Crippen LogP contribution in [0.3, 0.4) is 0 Å². The molecule has 0 saturated heterocycles. The van der Waals surface area contributed by atoms with Gasteiger partial charge in [-0.25, -0.2) is 0 Å². The van der Waals surface area contributed by atoms with Gasteiger partial charge in [0.25, 0.3) is 0 Å². The molecule has 1 atom stereocenters. The molecule has 0 aliphatic carbocycles.